The molecule has 0 spiro atoms. The number of methoxy groups -OCH3 is 2. The molecule has 0 amide bonds. The first-order valence-electron chi connectivity index (χ1n) is 7.95. The number of benzene rings is 2. The van der Waals surface area contributed by atoms with E-state index >= 15 is 0 Å². The Morgan fingerprint density at radius 1 is 1.12 bits per heavy atom. The molecule has 1 saturated heterocycles. The average Bonchev–Trinajstić information content (AvgIpc) is 2.58. The largest absolute Gasteiger partial charge is 0.497 e. The van der Waals surface area contributed by atoms with Gasteiger partial charge >= 0.3 is 5.97 Å². The summed E-state index contributed by atoms with van der Waals surface area (Å²) in [4.78, 5) is 13.7. The Morgan fingerprint density at radius 2 is 1.76 bits per heavy atom. The number of rotatable bonds is 5. The number of anilines is 1. The van der Waals surface area contributed by atoms with Gasteiger partial charge in [-0.3, -0.25) is 4.79 Å². The maximum atomic E-state index is 11.5. The number of nitrogens with zero attached hydrogens (tertiary/aromatic N) is 1. The summed E-state index contributed by atoms with van der Waals surface area (Å²) in [7, 11) is 3.24. The molecule has 1 fully saturated rings. The highest BCUT2D eigenvalue weighted by molar-refractivity contribution is 9.10. The van der Waals surface area contributed by atoms with Gasteiger partial charge in [-0.05, 0) is 45.8 Å². The van der Waals surface area contributed by atoms with Crippen LogP contribution >= 0.6 is 15.9 Å². The standard InChI is InChI=1S/C19H20BrNO4/c1-12(22)25-18-11-21(17-7-5-4-6-16(17)20)19(18)13-8-14(23-2)10-15(9-13)24-3/h4-10,18-19H,11H2,1-3H3/t18-,19-/m0/s1. The molecule has 132 valence electrons. The van der Waals surface area contributed by atoms with E-state index in [-0.39, 0.29) is 18.1 Å². The van der Waals surface area contributed by atoms with Crippen LogP contribution in [0.1, 0.15) is 18.5 Å². The van der Waals surface area contributed by atoms with Crippen molar-refractivity contribution >= 4 is 27.6 Å². The predicted molar refractivity (Wildman–Crippen MR) is 99.3 cm³/mol. The lowest BCUT2D eigenvalue weighted by Crippen LogP contribution is -2.55. The van der Waals surface area contributed by atoms with Gasteiger partial charge < -0.3 is 19.1 Å². The summed E-state index contributed by atoms with van der Waals surface area (Å²) in [6, 6.07) is 13.6. The van der Waals surface area contributed by atoms with Gasteiger partial charge in [-0.25, -0.2) is 0 Å². The van der Waals surface area contributed by atoms with Gasteiger partial charge in [0.15, 0.2) is 0 Å². The number of para-hydroxylation sites is 1. The number of ether oxygens (including phenoxy) is 3. The Kier molecular flexibility index (Phi) is 5.18. The second kappa shape index (κ2) is 7.35. The minimum absolute atomic E-state index is 0.105. The highest BCUT2D eigenvalue weighted by atomic mass is 79.9. The molecule has 0 aliphatic carbocycles. The van der Waals surface area contributed by atoms with Gasteiger partial charge in [-0.1, -0.05) is 12.1 Å². The molecule has 1 aliphatic rings. The van der Waals surface area contributed by atoms with E-state index < -0.39 is 0 Å². The fourth-order valence-corrected chi connectivity index (χ4v) is 3.63. The van der Waals surface area contributed by atoms with Gasteiger partial charge in [0.25, 0.3) is 0 Å². The predicted octanol–water partition coefficient (Wildman–Crippen LogP) is 3.96. The van der Waals surface area contributed by atoms with Crippen LogP contribution in [0.15, 0.2) is 46.9 Å². The van der Waals surface area contributed by atoms with E-state index in [4.69, 9.17) is 14.2 Å². The minimum Gasteiger partial charge on any atom is -0.497 e. The Balaban J connectivity index is 2.00. The lowest BCUT2D eigenvalue weighted by molar-refractivity contribution is -0.150. The maximum absolute atomic E-state index is 11.5. The van der Waals surface area contributed by atoms with Crippen molar-refractivity contribution in [3.8, 4) is 11.5 Å². The fourth-order valence-electron chi connectivity index (χ4n) is 3.11. The average molecular weight is 406 g/mol. The van der Waals surface area contributed by atoms with Crippen LogP contribution in [-0.2, 0) is 9.53 Å². The SMILES string of the molecule is COc1cc(OC)cc([C@H]2[C@@H](OC(C)=O)CN2c2ccccc2Br)c1. The molecule has 6 heteroatoms. The fraction of sp³-hybridized carbons (Fsp3) is 0.316. The van der Waals surface area contributed by atoms with Gasteiger partial charge in [0.05, 0.1) is 32.5 Å². The zero-order valence-corrected chi connectivity index (χ0v) is 15.9. The molecule has 1 heterocycles. The molecule has 2 aromatic rings. The molecule has 2 aromatic carbocycles. The minimum atomic E-state index is -0.281. The molecule has 0 aromatic heterocycles. The van der Waals surface area contributed by atoms with Crippen LogP contribution in [0.25, 0.3) is 0 Å². The van der Waals surface area contributed by atoms with E-state index in [0.29, 0.717) is 18.0 Å². The summed E-state index contributed by atoms with van der Waals surface area (Å²) in [5.74, 6) is 1.13. The van der Waals surface area contributed by atoms with Crippen LogP contribution < -0.4 is 14.4 Å². The number of carbonyl (C=O) groups excluding carboxylic acids is 1. The summed E-state index contributed by atoms with van der Waals surface area (Å²) in [6.07, 6.45) is -0.221. The van der Waals surface area contributed by atoms with E-state index in [2.05, 4.69) is 20.8 Å². The van der Waals surface area contributed by atoms with E-state index in [1.54, 1.807) is 14.2 Å². The molecule has 25 heavy (non-hydrogen) atoms. The summed E-state index contributed by atoms with van der Waals surface area (Å²) in [5, 5.41) is 0. The van der Waals surface area contributed by atoms with Crippen LogP contribution in [0.4, 0.5) is 5.69 Å². The molecule has 2 atom stereocenters. The van der Waals surface area contributed by atoms with Crippen molar-refractivity contribution in [3.63, 3.8) is 0 Å². The van der Waals surface area contributed by atoms with E-state index in [0.717, 1.165) is 15.7 Å². The molecule has 5 nitrogen and oxygen atoms in total. The molecule has 0 radical (unpaired) electrons. The quantitative estimate of drug-likeness (QED) is 0.704. The highest BCUT2D eigenvalue weighted by Gasteiger charge is 2.43. The van der Waals surface area contributed by atoms with Gasteiger partial charge in [-0.2, -0.15) is 0 Å². The van der Waals surface area contributed by atoms with E-state index in [1.807, 2.05) is 42.5 Å². The lowest BCUT2D eigenvalue weighted by atomic mass is 9.90. The second-order valence-electron chi connectivity index (χ2n) is 5.84. The molecule has 0 unspecified atom stereocenters. The van der Waals surface area contributed by atoms with E-state index in [1.165, 1.54) is 6.92 Å². The third-order valence-corrected chi connectivity index (χ3v) is 4.93. The Morgan fingerprint density at radius 3 is 2.32 bits per heavy atom. The first-order valence-corrected chi connectivity index (χ1v) is 8.74. The monoisotopic (exact) mass is 405 g/mol. The Bertz CT molecular complexity index is 758. The number of halogens is 1. The van der Waals surface area contributed by atoms with Gasteiger partial charge in [0.2, 0.25) is 0 Å². The highest BCUT2D eigenvalue weighted by Crippen LogP contribution is 2.44. The summed E-state index contributed by atoms with van der Waals surface area (Å²) in [5.41, 5.74) is 2.03. The summed E-state index contributed by atoms with van der Waals surface area (Å²) >= 11 is 3.60. The number of esters is 1. The second-order valence-corrected chi connectivity index (χ2v) is 6.70. The molecular weight excluding hydrogens is 386 g/mol. The van der Waals surface area contributed by atoms with Crippen LogP contribution in [0.5, 0.6) is 11.5 Å². The molecule has 0 N–H and O–H groups in total. The van der Waals surface area contributed by atoms with Gasteiger partial charge in [-0.15, -0.1) is 0 Å². The normalized spacial score (nSPS) is 19.1. The maximum Gasteiger partial charge on any atom is 0.303 e. The third-order valence-electron chi connectivity index (χ3n) is 4.26. The van der Waals surface area contributed by atoms with Crippen molar-refractivity contribution in [2.24, 2.45) is 0 Å². The van der Waals surface area contributed by atoms with E-state index in [9.17, 15) is 4.79 Å². The molecule has 0 bridgehead atoms. The molecule has 0 saturated carbocycles. The van der Waals surface area contributed by atoms with Crippen LogP contribution in [-0.4, -0.2) is 32.8 Å². The Hall–Kier alpha value is -2.21. The number of carbonyl (C=O) groups is 1. The number of hydrogen-bond acceptors (Lipinski definition) is 5. The zero-order chi connectivity index (χ0) is 18.0. The molecule has 3 rings (SSSR count). The lowest BCUT2D eigenvalue weighted by Gasteiger charge is -2.49. The van der Waals surface area contributed by atoms with Crippen molar-refractivity contribution < 1.29 is 19.0 Å². The zero-order valence-electron chi connectivity index (χ0n) is 14.4. The van der Waals surface area contributed by atoms with Crippen LogP contribution in [0.2, 0.25) is 0 Å². The third kappa shape index (κ3) is 3.58. The molecular formula is C19H20BrNO4. The smallest absolute Gasteiger partial charge is 0.303 e. The summed E-state index contributed by atoms with van der Waals surface area (Å²) in [6.45, 7) is 2.07. The Labute approximate surface area is 155 Å². The van der Waals surface area contributed by atoms with Crippen molar-refractivity contribution in [2.45, 2.75) is 19.1 Å². The first-order chi connectivity index (χ1) is 12.0. The summed E-state index contributed by atoms with van der Waals surface area (Å²) < 4.78 is 17.3. The topological polar surface area (TPSA) is 48.0 Å². The van der Waals surface area contributed by atoms with Gasteiger partial charge in [0.1, 0.15) is 17.6 Å². The van der Waals surface area contributed by atoms with Crippen molar-refractivity contribution in [2.75, 3.05) is 25.7 Å². The molecule has 1 aliphatic heterocycles. The van der Waals surface area contributed by atoms with Crippen molar-refractivity contribution in [3.05, 3.63) is 52.5 Å². The van der Waals surface area contributed by atoms with Crippen LogP contribution in [0, 0.1) is 0 Å². The number of hydrogen-bond donors (Lipinski definition) is 0. The first kappa shape index (κ1) is 17.6. The van der Waals surface area contributed by atoms with Crippen molar-refractivity contribution in [1.29, 1.82) is 0 Å². The van der Waals surface area contributed by atoms with Gasteiger partial charge in [0, 0.05) is 17.5 Å². The van der Waals surface area contributed by atoms with Crippen LogP contribution in [0.3, 0.4) is 0 Å². The van der Waals surface area contributed by atoms with Crippen molar-refractivity contribution in [1.82, 2.24) is 0 Å².